The van der Waals surface area contributed by atoms with Crippen molar-refractivity contribution in [2.75, 3.05) is 18.9 Å². The van der Waals surface area contributed by atoms with E-state index in [2.05, 4.69) is 15.9 Å². The van der Waals surface area contributed by atoms with Crippen LogP contribution in [-0.4, -0.2) is 19.2 Å². The maximum absolute atomic E-state index is 11.9. The van der Waals surface area contributed by atoms with Gasteiger partial charge in [0.2, 0.25) is 0 Å². The summed E-state index contributed by atoms with van der Waals surface area (Å²) in [6.07, 6.45) is 0. The highest BCUT2D eigenvalue weighted by Crippen LogP contribution is 2.18. The highest BCUT2D eigenvalue weighted by molar-refractivity contribution is 9.10. The molecule has 0 heterocycles. The molecule has 2 aromatic rings. The molecule has 0 saturated heterocycles. The second-order valence-electron chi connectivity index (χ2n) is 4.52. The van der Waals surface area contributed by atoms with Gasteiger partial charge in [-0.1, -0.05) is 28.1 Å². The van der Waals surface area contributed by atoms with E-state index in [0.29, 0.717) is 17.9 Å². The van der Waals surface area contributed by atoms with E-state index < -0.39 is 5.97 Å². The summed E-state index contributed by atoms with van der Waals surface area (Å²) in [7, 11) is 0. The monoisotopic (exact) mass is 349 g/mol. The van der Waals surface area contributed by atoms with Gasteiger partial charge in [-0.3, -0.25) is 0 Å². The Labute approximate surface area is 132 Å². The number of halogens is 1. The maximum atomic E-state index is 11.9. The summed E-state index contributed by atoms with van der Waals surface area (Å²) in [6.45, 7) is 2.32. The molecular weight excluding hydrogens is 334 g/mol. The van der Waals surface area contributed by atoms with E-state index in [9.17, 15) is 4.79 Å². The van der Waals surface area contributed by atoms with Crippen LogP contribution < -0.4 is 10.5 Å². The first-order valence-corrected chi connectivity index (χ1v) is 7.27. The molecule has 2 rings (SSSR count). The van der Waals surface area contributed by atoms with Crippen LogP contribution in [0.15, 0.2) is 46.9 Å². The lowest BCUT2D eigenvalue weighted by Gasteiger charge is -2.09. The molecule has 0 aliphatic rings. The van der Waals surface area contributed by atoms with Crippen molar-refractivity contribution in [3.8, 4) is 5.75 Å². The van der Waals surface area contributed by atoms with Crippen molar-refractivity contribution in [2.45, 2.75) is 6.92 Å². The van der Waals surface area contributed by atoms with Crippen molar-refractivity contribution in [1.29, 1.82) is 0 Å². The predicted molar refractivity (Wildman–Crippen MR) is 85.5 cm³/mol. The molecule has 0 aliphatic heterocycles. The van der Waals surface area contributed by atoms with Crippen LogP contribution in [0.1, 0.15) is 15.9 Å². The van der Waals surface area contributed by atoms with Gasteiger partial charge in [-0.15, -0.1) is 0 Å². The van der Waals surface area contributed by atoms with Gasteiger partial charge in [0, 0.05) is 10.2 Å². The van der Waals surface area contributed by atoms with Gasteiger partial charge in [-0.2, -0.15) is 0 Å². The van der Waals surface area contributed by atoms with Crippen molar-refractivity contribution in [2.24, 2.45) is 0 Å². The van der Waals surface area contributed by atoms with Gasteiger partial charge in [-0.05, 0) is 42.8 Å². The Hall–Kier alpha value is -2.01. The highest BCUT2D eigenvalue weighted by atomic mass is 79.9. The minimum Gasteiger partial charge on any atom is -0.490 e. The number of carbonyl (C=O) groups is 1. The number of ether oxygens (including phenoxy) is 2. The average Bonchev–Trinajstić information content (AvgIpc) is 2.46. The normalized spacial score (nSPS) is 10.2. The van der Waals surface area contributed by atoms with Gasteiger partial charge < -0.3 is 15.2 Å². The smallest absolute Gasteiger partial charge is 0.338 e. The number of nitrogen functional groups attached to an aromatic ring is 1. The van der Waals surface area contributed by atoms with Crippen molar-refractivity contribution in [3.05, 3.63) is 58.1 Å². The molecule has 4 nitrogen and oxygen atoms in total. The average molecular weight is 350 g/mol. The van der Waals surface area contributed by atoms with E-state index in [1.54, 1.807) is 18.2 Å². The molecule has 0 aromatic heterocycles. The molecule has 0 aliphatic carbocycles. The van der Waals surface area contributed by atoms with Crippen LogP contribution in [0.4, 0.5) is 5.69 Å². The minimum atomic E-state index is -0.391. The quantitative estimate of drug-likeness (QED) is 0.509. The molecule has 0 amide bonds. The molecule has 0 unspecified atom stereocenters. The van der Waals surface area contributed by atoms with Crippen molar-refractivity contribution in [1.82, 2.24) is 0 Å². The zero-order valence-corrected chi connectivity index (χ0v) is 13.2. The topological polar surface area (TPSA) is 61.6 Å². The van der Waals surface area contributed by atoms with Crippen LogP contribution in [-0.2, 0) is 4.74 Å². The highest BCUT2D eigenvalue weighted by Gasteiger charge is 2.10. The van der Waals surface area contributed by atoms with Crippen LogP contribution >= 0.6 is 15.9 Å². The Morgan fingerprint density at radius 1 is 1.19 bits per heavy atom. The summed E-state index contributed by atoms with van der Waals surface area (Å²) < 4.78 is 11.6. The number of aryl methyl sites for hydroxylation is 1. The van der Waals surface area contributed by atoms with Crippen molar-refractivity contribution in [3.63, 3.8) is 0 Å². The molecule has 0 spiro atoms. The van der Waals surface area contributed by atoms with E-state index >= 15 is 0 Å². The molecule has 0 radical (unpaired) electrons. The van der Waals surface area contributed by atoms with E-state index in [1.807, 2.05) is 31.2 Å². The molecule has 110 valence electrons. The van der Waals surface area contributed by atoms with E-state index in [0.717, 1.165) is 15.8 Å². The number of rotatable bonds is 5. The minimum absolute atomic E-state index is 0.180. The summed E-state index contributed by atoms with van der Waals surface area (Å²) in [5.41, 5.74) is 7.53. The summed E-state index contributed by atoms with van der Waals surface area (Å²) in [6, 6.07) is 12.6. The lowest BCUT2D eigenvalue weighted by molar-refractivity contribution is 0.0449. The first kappa shape index (κ1) is 15.4. The maximum Gasteiger partial charge on any atom is 0.338 e. The van der Waals surface area contributed by atoms with Crippen molar-refractivity contribution >= 4 is 27.6 Å². The van der Waals surface area contributed by atoms with Crippen LogP contribution in [0.2, 0.25) is 0 Å². The number of carbonyl (C=O) groups excluding carboxylic acids is 1. The fourth-order valence-electron chi connectivity index (χ4n) is 1.79. The number of benzene rings is 2. The zero-order valence-electron chi connectivity index (χ0n) is 11.6. The van der Waals surface area contributed by atoms with E-state index in [1.165, 1.54) is 0 Å². The molecule has 0 fully saturated rings. The number of anilines is 1. The summed E-state index contributed by atoms with van der Waals surface area (Å²) in [5.74, 6) is 0.332. The molecule has 2 N–H and O–H groups in total. The number of hydrogen-bond acceptors (Lipinski definition) is 4. The van der Waals surface area contributed by atoms with Gasteiger partial charge >= 0.3 is 5.97 Å². The third-order valence-electron chi connectivity index (χ3n) is 2.86. The molecule has 0 saturated carbocycles. The molecule has 0 atom stereocenters. The number of nitrogens with two attached hydrogens (primary N) is 1. The predicted octanol–water partition coefficient (Wildman–Crippen LogP) is 3.58. The first-order valence-electron chi connectivity index (χ1n) is 6.48. The Morgan fingerprint density at radius 3 is 2.76 bits per heavy atom. The summed E-state index contributed by atoms with van der Waals surface area (Å²) in [4.78, 5) is 11.9. The Balaban J connectivity index is 1.83. The van der Waals surface area contributed by atoms with Crippen LogP contribution in [0, 0.1) is 6.92 Å². The lowest BCUT2D eigenvalue weighted by Crippen LogP contribution is -2.13. The van der Waals surface area contributed by atoms with Gasteiger partial charge in [0.15, 0.2) is 0 Å². The zero-order chi connectivity index (χ0) is 15.2. The molecule has 21 heavy (non-hydrogen) atoms. The standard InChI is InChI=1S/C16H16BrNO3/c1-11-5-6-13(18)10-15(11)16(19)21-8-7-20-14-4-2-3-12(17)9-14/h2-6,9-10H,7-8,18H2,1H3. The number of esters is 1. The molecular formula is C16H16BrNO3. The Morgan fingerprint density at radius 2 is 2.00 bits per heavy atom. The van der Waals surface area contributed by atoms with E-state index in [4.69, 9.17) is 15.2 Å². The fraction of sp³-hybridized carbons (Fsp3) is 0.188. The summed E-state index contributed by atoms with van der Waals surface area (Å²) in [5, 5.41) is 0. The van der Waals surface area contributed by atoms with Crippen molar-refractivity contribution < 1.29 is 14.3 Å². The first-order chi connectivity index (χ1) is 10.1. The number of hydrogen-bond donors (Lipinski definition) is 1. The van der Waals surface area contributed by atoms with Crippen LogP contribution in [0.5, 0.6) is 5.75 Å². The summed E-state index contributed by atoms with van der Waals surface area (Å²) >= 11 is 3.36. The second-order valence-corrected chi connectivity index (χ2v) is 5.43. The van der Waals surface area contributed by atoms with Gasteiger partial charge in [-0.25, -0.2) is 4.79 Å². The van der Waals surface area contributed by atoms with Gasteiger partial charge in [0.25, 0.3) is 0 Å². The lowest BCUT2D eigenvalue weighted by atomic mass is 10.1. The fourth-order valence-corrected chi connectivity index (χ4v) is 2.17. The molecule has 5 heteroatoms. The van der Waals surface area contributed by atoms with E-state index in [-0.39, 0.29) is 6.61 Å². The van der Waals surface area contributed by atoms with Crippen LogP contribution in [0.25, 0.3) is 0 Å². The Kier molecular flexibility index (Phi) is 5.22. The SMILES string of the molecule is Cc1ccc(N)cc1C(=O)OCCOc1cccc(Br)c1. The molecule has 2 aromatic carbocycles. The molecule has 0 bridgehead atoms. The Bertz CT molecular complexity index is 643. The largest absolute Gasteiger partial charge is 0.490 e. The van der Waals surface area contributed by atoms with Gasteiger partial charge in [0.1, 0.15) is 19.0 Å². The third-order valence-corrected chi connectivity index (χ3v) is 3.36. The van der Waals surface area contributed by atoms with Crippen LogP contribution in [0.3, 0.4) is 0 Å². The van der Waals surface area contributed by atoms with Gasteiger partial charge in [0.05, 0.1) is 5.56 Å². The third kappa shape index (κ3) is 4.49. The second kappa shape index (κ2) is 7.13.